The maximum atomic E-state index is 13.4. The van der Waals surface area contributed by atoms with E-state index in [1.165, 1.54) is 5.56 Å². The molecular weight excluding hydrogens is 320 g/mol. The highest BCUT2D eigenvalue weighted by Crippen LogP contribution is 2.69. The van der Waals surface area contributed by atoms with Crippen LogP contribution < -0.4 is 5.32 Å². The van der Waals surface area contributed by atoms with E-state index in [2.05, 4.69) is 68.2 Å². The van der Waals surface area contributed by atoms with Crippen LogP contribution in [0.4, 0.5) is 0 Å². The van der Waals surface area contributed by atoms with Crippen molar-refractivity contribution in [1.82, 2.24) is 10.2 Å². The highest BCUT2D eigenvalue weighted by atomic mass is 35.5. The van der Waals surface area contributed by atoms with Crippen molar-refractivity contribution in [2.45, 2.75) is 33.7 Å². The minimum atomic E-state index is 0. The summed E-state index contributed by atoms with van der Waals surface area (Å²) in [4.78, 5) is 15.6. The lowest BCUT2D eigenvalue weighted by atomic mass is 9.89. The Kier molecular flexibility index (Phi) is 4.25. The molecule has 3 aliphatic rings. The fraction of sp³-hybridized carbons (Fsp3) is 0.650. The molecule has 1 aromatic rings. The van der Waals surface area contributed by atoms with Crippen LogP contribution in [0.3, 0.4) is 0 Å². The molecule has 3 fully saturated rings. The number of rotatable bonds is 2. The number of hydrogen-bond acceptors (Lipinski definition) is 2. The molecule has 24 heavy (non-hydrogen) atoms. The summed E-state index contributed by atoms with van der Waals surface area (Å²) >= 11 is 0. The normalized spacial score (nSPS) is 33.0. The number of benzene rings is 1. The quantitative estimate of drug-likeness (QED) is 0.887. The number of carbonyl (C=O) groups is 1. The van der Waals surface area contributed by atoms with Gasteiger partial charge in [-0.15, -0.1) is 12.4 Å². The first-order valence-corrected chi connectivity index (χ1v) is 8.92. The van der Waals surface area contributed by atoms with Gasteiger partial charge in [-0.1, -0.05) is 58.0 Å². The van der Waals surface area contributed by atoms with Crippen LogP contribution in [0.5, 0.6) is 0 Å². The van der Waals surface area contributed by atoms with Gasteiger partial charge in [-0.2, -0.15) is 0 Å². The molecule has 2 heterocycles. The third kappa shape index (κ3) is 2.32. The Morgan fingerprint density at radius 2 is 1.71 bits per heavy atom. The Morgan fingerprint density at radius 3 is 2.29 bits per heavy atom. The van der Waals surface area contributed by atoms with E-state index in [4.69, 9.17) is 0 Å². The molecule has 0 unspecified atom stereocenters. The minimum Gasteiger partial charge on any atom is -0.335 e. The molecule has 2 aliphatic heterocycles. The fourth-order valence-corrected chi connectivity index (χ4v) is 5.20. The van der Waals surface area contributed by atoms with E-state index in [1.54, 1.807) is 0 Å². The number of nitrogens with zero attached hydrogens (tertiary/aromatic N) is 1. The smallest absolute Gasteiger partial charge is 0.227 e. The van der Waals surface area contributed by atoms with Crippen molar-refractivity contribution < 1.29 is 4.79 Å². The lowest BCUT2D eigenvalue weighted by molar-refractivity contribution is -0.135. The number of nitrogens with one attached hydrogen (secondary N) is 1. The molecule has 4 rings (SSSR count). The van der Waals surface area contributed by atoms with E-state index in [0.29, 0.717) is 17.7 Å². The van der Waals surface area contributed by atoms with Gasteiger partial charge in [0.1, 0.15) is 0 Å². The molecule has 4 heteroatoms. The van der Waals surface area contributed by atoms with Crippen molar-refractivity contribution in [3.8, 4) is 0 Å². The van der Waals surface area contributed by atoms with E-state index < -0.39 is 0 Å². The second kappa shape index (κ2) is 5.74. The third-order valence-corrected chi connectivity index (χ3v) is 7.26. The Labute approximate surface area is 151 Å². The zero-order chi connectivity index (χ0) is 16.4. The van der Waals surface area contributed by atoms with Crippen molar-refractivity contribution in [3.63, 3.8) is 0 Å². The maximum Gasteiger partial charge on any atom is 0.227 e. The van der Waals surface area contributed by atoms with Crippen LogP contribution in [0.15, 0.2) is 30.3 Å². The molecule has 3 atom stereocenters. The molecule has 132 valence electrons. The van der Waals surface area contributed by atoms with Crippen molar-refractivity contribution in [2.24, 2.45) is 28.6 Å². The van der Waals surface area contributed by atoms with Gasteiger partial charge in [-0.25, -0.2) is 0 Å². The standard InChI is InChI=1S/C20H28N2O.ClH/c1-19(2)17(20(19,3)4)18(23)22-12-14-10-21-11-15(14)16(22)13-8-6-5-7-9-13;/h5-9,14-17,21H,10-12H2,1-4H3;1H/t14-,15-,16+;/m0./s1. The molecule has 0 radical (unpaired) electrons. The van der Waals surface area contributed by atoms with Gasteiger partial charge in [0.15, 0.2) is 0 Å². The summed E-state index contributed by atoms with van der Waals surface area (Å²) in [5.41, 5.74) is 1.52. The Balaban J connectivity index is 0.00000169. The molecule has 1 aliphatic carbocycles. The molecule has 3 nitrogen and oxygen atoms in total. The molecule has 1 saturated carbocycles. The van der Waals surface area contributed by atoms with E-state index in [9.17, 15) is 4.79 Å². The largest absolute Gasteiger partial charge is 0.335 e. The van der Waals surface area contributed by atoms with Crippen LogP contribution >= 0.6 is 12.4 Å². The van der Waals surface area contributed by atoms with Gasteiger partial charge in [-0.05, 0) is 22.3 Å². The SMILES string of the molecule is CC1(C)C(C(=O)N2C[C@@H]3CNC[C@@H]3[C@H]2c2ccccc2)C1(C)C.Cl. The first-order valence-electron chi connectivity index (χ1n) is 8.92. The Hall–Kier alpha value is -1.06. The van der Waals surface area contributed by atoms with Gasteiger partial charge in [0.25, 0.3) is 0 Å². The van der Waals surface area contributed by atoms with Crippen LogP contribution in [0, 0.1) is 28.6 Å². The Bertz CT molecular complexity index is 614. The summed E-state index contributed by atoms with van der Waals surface area (Å²) in [6, 6.07) is 10.9. The van der Waals surface area contributed by atoms with E-state index in [0.717, 1.165) is 19.6 Å². The van der Waals surface area contributed by atoms with E-state index in [1.807, 2.05) is 0 Å². The van der Waals surface area contributed by atoms with Crippen molar-refractivity contribution >= 4 is 18.3 Å². The topological polar surface area (TPSA) is 32.3 Å². The summed E-state index contributed by atoms with van der Waals surface area (Å²) in [5.74, 6) is 1.71. The molecular formula is C20H29ClN2O. The Morgan fingerprint density at radius 1 is 1.08 bits per heavy atom. The van der Waals surface area contributed by atoms with Crippen LogP contribution in [-0.2, 0) is 4.79 Å². The highest BCUT2D eigenvalue weighted by Gasteiger charge is 2.69. The average molecular weight is 349 g/mol. The lowest BCUT2D eigenvalue weighted by Gasteiger charge is -2.29. The fourth-order valence-electron chi connectivity index (χ4n) is 5.20. The molecule has 2 saturated heterocycles. The number of halogens is 1. The number of carbonyl (C=O) groups excluding carboxylic acids is 1. The van der Waals surface area contributed by atoms with Gasteiger partial charge in [0.2, 0.25) is 5.91 Å². The van der Waals surface area contributed by atoms with Crippen LogP contribution in [0.25, 0.3) is 0 Å². The summed E-state index contributed by atoms with van der Waals surface area (Å²) < 4.78 is 0. The molecule has 1 amide bonds. The van der Waals surface area contributed by atoms with E-state index in [-0.39, 0.29) is 35.2 Å². The minimum absolute atomic E-state index is 0. The first-order chi connectivity index (χ1) is 10.9. The summed E-state index contributed by atoms with van der Waals surface area (Å²) in [5, 5.41) is 3.52. The van der Waals surface area contributed by atoms with Crippen LogP contribution in [0.2, 0.25) is 0 Å². The van der Waals surface area contributed by atoms with Crippen molar-refractivity contribution in [1.29, 1.82) is 0 Å². The lowest BCUT2D eigenvalue weighted by Crippen LogP contribution is -2.37. The maximum absolute atomic E-state index is 13.4. The summed E-state index contributed by atoms with van der Waals surface area (Å²) in [7, 11) is 0. The van der Waals surface area contributed by atoms with Crippen molar-refractivity contribution in [3.05, 3.63) is 35.9 Å². The number of amides is 1. The molecule has 0 spiro atoms. The first kappa shape index (κ1) is 17.8. The number of hydrogen-bond donors (Lipinski definition) is 1. The summed E-state index contributed by atoms with van der Waals surface area (Å²) in [6.45, 7) is 12.0. The van der Waals surface area contributed by atoms with E-state index >= 15 is 0 Å². The zero-order valence-corrected chi connectivity index (χ0v) is 15.9. The monoisotopic (exact) mass is 348 g/mol. The van der Waals surface area contributed by atoms with Gasteiger partial charge in [-0.3, -0.25) is 4.79 Å². The predicted molar refractivity (Wildman–Crippen MR) is 99.0 cm³/mol. The molecule has 1 N–H and O–H groups in total. The van der Waals surface area contributed by atoms with Crippen LogP contribution in [0.1, 0.15) is 39.3 Å². The highest BCUT2D eigenvalue weighted by molar-refractivity contribution is 5.85. The van der Waals surface area contributed by atoms with Crippen LogP contribution in [-0.4, -0.2) is 30.4 Å². The number of fused-ring (bicyclic) bond motifs is 1. The summed E-state index contributed by atoms with van der Waals surface area (Å²) in [6.07, 6.45) is 0. The third-order valence-electron chi connectivity index (χ3n) is 7.26. The van der Waals surface area contributed by atoms with Gasteiger partial charge in [0, 0.05) is 31.5 Å². The van der Waals surface area contributed by atoms with Gasteiger partial charge < -0.3 is 10.2 Å². The molecule has 0 aromatic heterocycles. The van der Waals surface area contributed by atoms with Crippen molar-refractivity contribution in [2.75, 3.05) is 19.6 Å². The predicted octanol–water partition coefficient (Wildman–Crippen LogP) is 3.51. The molecule has 1 aromatic carbocycles. The number of likely N-dealkylation sites (tertiary alicyclic amines) is 1. The second-order valence-electron chi connectivity index (χ2n) is 8.80. The van der Waals surface area contributed by atoms with Gasteiger partial charge >= 0.3 is 0 Å². The average Bonchev–Trinajstić information content (AvgIpc) is 2.90. The second-order valence-corrected chi connectivity index (χ2v) is 8.80. The zero-order valence-electron chi connectivity index (χ0n) is 15.1. The van der Waals surface area contributed by atoms with Gasteiger partial charge in [0.05, 0.1) is 6.04 Å². The molecule has 0 bridgehead atoms.